The van der Waals surface area contributed by atoms with E-state index in [1.165, 1.54) is 44.2 Å². The Hall–Kier alpha value is -1.95. The van der Waals surface area contributed by atoms with Crippen LogP contribution in [0.3, 0.4) is 0 Å². The van der Waals surface area contributed by atoms with Crippen LogP contribution in [-0.4, -0.2) is 63.3 Å². The first-order chi connectivity index (χ1) is 14.2. The van der Waals surface area contributed by atoms with E-state index >= 15 is 0 Å². The molecule has 0 bridgehead atoms. The van der Waals surface area contributed by atoms with Gasteiger partial charge in [0.25, 0.3) is 0 Å². The molecular weight excluding hydrogens is 364 g/mol. The first-order valence-electron chi connectivity index (χ1n) is 11.2. The van der Waals surface area contributed by atoms with Crippen molar-refractivity contribution in [2.45, 2.75) is 64.0 Å². The lowest BCUT2D eigenvalue weighted by Crippen LogP contribution is -2.45. The quantitative estimate of drug-likeness (QED) is 0.377. The third-order valence-corrected chi connectivity index (χ3v) is 6.09. The average Bonchev–Trinajstić information content (AvgIpc) is 3.42. The number of hydrogen-bond donors (Lipinski definition) is 2. The van der Waals surface area contributed by atoms with Crippen LogP contribution in [0.25, 0.3) is 0 Å². The summed E-state index contributed by atoms with van der Waals surface area (Å²) < 4.78 is 11.0. The first kappa shape index (κ1) is 21.8. The monoisotopic (exact) mass is 402 g/mol. The second-order valence-corrected chi connectivity index (χ2v) is 8.08. The van der Waals surface area contributed by atoms with Crippen molar-refractivity contribution in [1.82, 2.24) is 15.5 Å². The van der Waals surface area contributed by atoms with Crippen molar-refractivity contribution in [3.8, 4) is 11.5 Å². The summed E-state index contributed by atoms with van der Waals surface area (Å²) in [6.45, 7) is 5.90. The standard InChI is InChI=1S/C23H38N4O2/c1-4-29-22-16-18(11-12-21(22)28-3)8-7-14-25-23(24-2)26-19-13-15-27(17-19)20-9-5-6-10-20/h11-12,16,19-20H,4-10,13-15,17H2,1-3H3,(H2,24,25,26). The van der Waals surface area contributed by atoms with Gasteiger partial charge in [-0.2, -0.15) is 0 Å². The predicted octanol–water partition coefficient (Wildman–Crippen LogP) is 3.21. The second-order valence-electron chi connectivity index (χ2n) is 8.08. The third-order valence-electron chi connectivity index (χ3n) is 6.09. The van der Waals surface area contributed by atoms with Crippen LogP contribution in [0.4, 0.5) is 0 Å². The van der Waals surface area contributed by atoms with E-state index in [-0.39, 0.29) is 0 Å². The molecule has 1 unspecified atom stereocenters. The van der Waals surface area contributed by atoms with E-state index in [9.17, 15) is 0 Å². The number of likely N-dealkylation sites (tertiary alicyclic amines) is 1. The van der Waals surface area contributed by atoms with Gasteiger partial charge in [-0.1, -0.05) is 18.9 Å². The van der Waals surface area contributed by atoms with Crippen LogP contribution >= 0.6 is 0 Å². The van der Waals surface area contributed by atoms with Crippen molar-refractivity contribution in [1.29, 1.82) is 0 Å². The van der Waals surface area contributed by atoms with E-state index in [2.05, 4.69) is 32.7 Å². The second kappa shape index (κ2) is 11.3. The van der Waals surface area contributed by atoms with Gasteiger partial charge in [-0.15, -0.1) is 0 Å². The number of nitrogens with zero attached hydrogens (tertiary/aromatic N) is 2. The molecule has 1 aliphatic carbocycles. The molecule has 0 amide bonds. The van der Waals surface area contributed by atoms with Crippen molar-refractivity contribution in [3.63, 3.8) is 0 Å². The molecule has 3 rings (SSSR count). The summed E-state index contributed by atoms with van der Waals surface area (Å²) in [5.41, 5.74) is 1.27. The maximum absolute atomic E-state index is 5.68. The summed E-state index contributed by atoms with van der Waals surface area (Å²) in [6, 6.07) is 7.53. The van der Waals surface area contributed by atoms with Crippen LogP contribution in [0.5, 0.6) is 11.5 Å². The number of aliphatic imine (C=N–C) groups is 1. The van der Waals surface area contributed by atoms with Gasteiger partial charge in [0.15, 0.2) is 17.5 Å². The van der Waals surface area contributed by atoms with Gasteiger partial charge in [-0.05, 0) is 56.7 Å². The van der Waals surface area contributed by atoms with E-state index < -0.39 is 0 Å². The van der Waals surface area contributed by atoms with Crippen molar-refractivity contribution in [2.24, 2.45) is 4.99 Å². The minimum Gasteiger partial charge on any atom is -0.493 e. The number of benzene rings is 1. The lowest BCUT2D eigenvalue weighted by molar-refractivity contribution is 0.242. The molecule has 0 radical (unpaired) electrons. The summed E-state index contributed by atoms with van der Waals surface area (Å²) in [4.78, 5) is 7.10. The number of guanidine groups is 1. The largest absolute Gasteiger partial charge is 0.493 e. The van der Waals surface area contributed by atoms with Gasteiger partial charge in [0.2, 0.25) is 0 Å². The molecule has 162 valence electrons. The van der Waals surface area contributed by atoms with Gasteiger partial charge in [-0.25, -0.2) is 0 Å². The van der Waals surface area contributed by atoms with Crippen molar-refractivity contribution < 1.29 is 9.47 Å². The van der Waals surface area contributed by atoms with Gasteiger partial charge >= 0.3 is 0 Å². The highest BCUT2D eigenvalue weighted by Gasteiger charge is 2.30. The Morgan fingerprint density at radius 2 is 2.03 bits per heavy atom. The highest BCUT2D eigenvalue weighted by atomic mass is 16.5. The molecule has 1 saturated carbocycles. The number of rotatable bonds is 9. The Balaban J connectivity index is 1.38. The van der Waals surface area contributed by atoms with Gasteiger partial charge in [0, 0.05) is 38.8 Å². The molecule has 0 aromatic heterocycles. The Morgan fingerprint density at radius 3 is 2.76 bits per heavy atom. The number of aryl methyl sites for hydroxylation is 1. The lowest BCUT2D eigenvalue weighted by atomic mass is 10.1. The summed E-state index contributed by atoms with van der Waals surface area (Å²) in [5.74, 6) is 2.54. The van der Waals surface area contributed by atoms with Crippen LogP contribution < -0.4 is 20.1 Å². The fraction of sp³-hybridized carbons (Fsp3) is 0.696. The zero-order valence-corrected chi connectivity index (χ0v) is 18.4. The summed E-state index contributed by atoms with van der Waals surface area (Å²) in [7, 11) is 3.54. The van der Waals surface area contributed by atoms with Crippen molar-refractivity contribution in [2.75, 3.05) is 40.4 Å². The van der Waals surface area contributed by atoms with Crippen LogP contribution in [0.15, 0.2) is 23.2 Å². The van der Waals surface area contributed by atoms with E-state index in [1.54, 1.807) is 7.11 Å². The third kappa shape index (κ3) is 6.26. The molecule has 1 aliphatic heterocycles. The van der Waals surface area contributed by atoms with Crippen LogP contribution in [0.2, 0.25) is 0 Å². The molecule has 1 atom stereocenters. The Labute approximate surface area is 176 Å². The zero-order chi connectivity index (χ0) is 20.5. The SMILES string of the molecule is CCOc1cc(CCCNC(=NC)NC2CCN(C3CCCC3)C2)ccc1OC. The summed E-state index contributed by atoms with van der Waals surface area (Å²) in [6.07, 6.45) is 8.82. The van der Waals surface area contributed by atoms with Crippen molar-refractivity contribution in [3.05, 3.63) is 23.8 Å². The summed E-state index contributed by atoms with van der Waals surface area (Å²) >= 11 is 0. The number of hydrogen-bond acceptors (Lipinski definition) is 4. The fourth-order valence-corrected chi connectivity index (χ4v) is 4.54. The highest BCUT2D eigenvalue weighted by molar-refractivity contribution is 5.80. The highest BCUT2D eigenvalue weighted by Crippen LogP contribution is 2.28. The molecule has 1 saturated heterocycles. The van der Waals surface area contributed by atoms with Gasteiger partial charge < -0.3 is 20.1 Å². The smallest absolute Gasteiger partial charge is 0.191 e. The Morgan fingerprint density at radius 1 is 1.21 bits per heavy atom. The van der Waals surface area contributed by atoms with E-state index in [4.69, 9.17) is 9.47 Å². The van der Waals surface area contributed by atoms with Gasteiger partial charge in [0.05, 0.1) is 13.7 Å². The molecule has 2 fully saturated rings. The Kier molecular flexibility index (Phi) is 8.47. The van der Waals surface area contributed by atoms with Gasteiger partial charge in [0.1, 0.15) is 0 Å². The molecular formula is C23H38N4O2. The van der Waals surface area contributed by atoms with Crippen molar-refractivity contribution >= 4 is 5.96 Å². The maximum atomic E-state index is 5.68. The molecule has 6 heteroatoms. The van der Waals surface area contributed by atoms with Crippen LogP contribution in [-0.2, 0) is 6.42 Å². The molecule has 0 spiro atoms. The topological polar surface area (TPSA) is 58.1 Å². The first-order valence-corrected chi connectivity index (χ1v) is 11.2. The molecule has 2 N–H and O–H groups in total. The number of nitrogens with one attached hydrogen (secondary N) is 2. The molecule has 6 nitrogen and oxygen atoms in total. The zero-order valence-electron chi connectivity index (χ0n) is 18.4. The molecule has 29 heavy (non-hydrogen) atoms. The average molecular weight is 403 g/mol. The summed E-state index contributed by atoms with van der Waals surface area (Å²) in [5, 5.41) is 7.10. The van der Waals surface area contributed by atoms with E-state index in [1.807, 2.05) is 20.0 Å². The fourth-order valence-electron chi connectivity index (χ4n) is 4.54. The minimum absolute atomic E-state index is 0.511. The normalized spacial score (nSPS) is 20.8. The lowest BCUT2D eigenvalue weighted by Gasteiger charge is -2.24. The van der Waals surface area contributed by atoms with E-state index in [0.717, 1.165) is 49.4 Å². The molecule has 1 aromatic carbocycles. The predicted molar refractivity (Wildman–Crippen MR) is 119 cm³/mol. The maximum Gasteiger partial charge on any atom is 0.191 e. The van der Waals surface area contributed by atoms with Crippen LogP contribution in [0, 0.1) is 0 Å². The van der Waals surface area contributed by atoms with Gasteiger partial charge in [-0.3, -0.25) is 9.89 Å². The van der Waals surface area contributed by atoms with Crippen LogP contribution in [0.1, 0.15) is 51.0 Å². The van der Waals surface area contributed by atoms with E-state index in [0.29, 0.717) is 12.6 Å². The molecule has 2 aliphatic rings. The number of ether oxygens (including phenoxy) is 2. The minimum atomic E-state index is 0.511. The Bertz CT molecular complexity index is 658. The molecule has 1 aromatic rings. The molecule has 1 heterocycles. The number of methoxy groups -OCH3 is 1.